The van der Waals surface area contributed by atoms with Gasteiger partial charge in [-0.2, -0.15) is 5.26 Å². The molecule has 0 amide bonds. The Morgan fingerprint density at radius 1 is 1.24 bits per heavy atom. The van der Waals surface area contributed by atoms with E-state index in [1.807, 2.05) is 25.1 Å². The minimum atomic E-state index is -0.525. The Kier molecular flexibility index (Phi) is 4.19. The summed E-state index contributed by atoms with van der Waals surface area (Å²) in [6, 6.07) is 2.32. The van der Waals surface area contributed by atoms with Gasteiger partial charge in [0.1, 0.15) is 11.9 Å². The molecule has 114 valence electrons. The van der Waals surface area contributed by atoms with E-state index >= 15 is 0 Å². The summed E-state index contributed by atoms with van der Waals surface area (Å²) >= 11 is 0. The molecule has 0 bridgehead atoms. The van der Waals surface area contributed by atoms with Crippen molar-refractivity contribution in [3.8, 4) is 6.07 Å². The van der Waals surface area contributed by atoms with E-state index < -0.39 is 11.2 Å². The van der Waals surface area contributed by atoms with Crippen molar-refractivity contribution < 1.29 is 0 Å². The first-order chi connectivity index (χ1) is 9.88. The van der Waals surface area contributed by atoms with E-state index in [1.54, 1.807) is 7.05 Å². The highest BCUT2D eigenvalue weighted by atomic mass is 16.2. The summed E-state index contributed by atoms with van der Waals surface area (Å²) in [4.78, 5) is 28.4. The highest BCUT2D eigenvalue weighted by Crippen LogP contribution is 2.21. The molecule has 0 spiro atoms. The van der Waals surface area contributed by atoms with Crippen LogP contribution in [0.15, 0.2) is 9.59 Å². The van der Waals surface area contributed by atoms with Gasteiger partial charge in [0, 0.05) is 33.2 Å². The molecule has 1 aliphatic rings. The molecule has 0 saturated carbocycles. The number of aromatic nitrogens is 2. The van der Waals surface area contributed by atoms with Crippen LogP contribution in [0.2, 0.25) is 0 Å². The molecule has 21 heavy (non-hydrogen) atoms. The summed E-state index contributed by atoms with van der Waals surface area (Å²) in [5.74, 6) is 0.442. The molecule has 1 unspecified atom stereocenters. The Hall–Kier alpha value is -2.07. The largest absolute Gasteiger partial charge is 0.355 e. The van der Waals surface area contributed by atoms with Crippen LogP contribution < -0.4 is 16.1 Å². The Morgan fingerprint density at radius 2 is 1.90 bits per heavy atom. The van der Waals surface area contributed by atoms with Crippen LogP contribution in [0.5, 0.6) is 0 Å². The average molecular weight is 291 g/mol. The van der Waals surface area contributed by atoms with Gasteiger partial charge in [-0.05, 0) is 26.9 Å². The molecule has 0 N–H and O–H groups in total. The monoisotopic (exact) mass is 291 g/mol. The fraction of sp³-hybridized carbons (Fsp3) is 0.643. The van der Waals surface area contributed by atoms with Gasteiger partial charge in [0.2, 0.25) is 0 Å². The van der Waals surface area contributed by atoms with Crippen LogP contribution in [0.1, 0.15) is 18.4 Å². The predicted octanol–water partition coefficient (Wildman–Crippen LogP) is -0.514. The number of nitrogens with zero attached hydrogens (tertiary/aromatic N) is 5. The van der Waals surface area contributed by atoms with Crippen LogP contribution in [-0.4, -0.2) is 47.3 Å². The van der Waals surface area contributed by atoms with Crippen LogP contribution in [-0.2, 0) is 14.1 Å². The first kappa shape index (κ1) is 15.3. The summed E-state index contributed by atoms with van der Waals surface area (Å²) in [6.07, 6.45) is 2.04. The van der Waals surface area contributed by atoms with Crippen molar-refractivity contribution in [2.24, 2.45) is 14.1 Å². The van der Waals surface area contributed by atoms with Crippen LogP contribution in [0.25, 0.3) is 0 Å². The number of anilines is 1. The third-order valence-corrected chi connectivity index (χ3v) is 4.17. The first-order valence-electron chi connectivity index (χ1n) is 7.00. The number of hydrogen-bond donors (Lipinski definition) is 0. The van der Waals surface area contributed by atoms with Gasteiger partial charge in [0.05, 0.1) is 0 Å². The van der Waals surface area contributed by atoms with Gasteiger partial charge in [-0.3, -0.25) is 13.9 Å². The lowest BCUT2D eigenvalue weighted by Crippen LogP contribution is -2.49. The second-order valence-electron chi connectivity index (χ2n) is 5.72. The molecule has 0 radical (unpaired) electrons. The van der Waals surface area contributed by atoms with Crippen molar-refractivity contribution in [2.45, 2.75) is 18.9 Å². The zero-order valence-corrected chi connectivity index (χ0v) is 13.0. The maximum Gasteiger partial charge on any atom is 0.332 e. The first-order valence-corrected chi connectivity index (χ1v) is 7.00. The van der Waals surface area contributed by atoms with Crippen LogP contribution in [0, 0.1) is 11.3 Å². The zero-order chi connectivity index (χ0) is 15.7. The van der Waals surface area contributed by atoms with Crippen molar-refractivity contribution in [3.63, 3.8) is 0 Å². The number of hydrogen-bond acceptors (Lipinski definition) is 5. The third kappa shape index (κ3) is 2.59. The SMILES string of the molecule is CN(C)C1CCCN(c2c(C#N)c(=O)n(C)c(=O)n2C)C1. The van der Waals surface area contributed by atoms with Gasteiger partial charge in [0.25, 0.3) is 5.56 Å². The molecule has 1 atom stereocenters. The van der Waals surface area contributed by atoms with E-state index in [4.69, 9.17) is 0 Å². The van der Waals surface area contributed by atoms with Crippen molar-refractivity contribution in [3.05, 3.63) is 26.4 Å². The molecule has 0 aromatic carbocycles. The van der Waals surface area contributed by atoms with Crippen LogP contribution in [0.3, 0.4) is 0 Å². The van der Waals surface area contributed by atoms with E-state index in [0.717, 1.165) is 24.0 Å². The van der Waals surface area contributed by atoms with Gasteiger partial charge >= 0.3 is 5.69 Å². The fourth-order valence-corrected chi connectivity index (χ4v) is 2.87. The maximum atomic E-state index is 12.1. The van der Waals surface area contributed by atoms with Crippen molar-refractivity contribution in [2.75, 3.05) is 32.1 Å². The highest BCUT2D eigenvalue weighted by molar-refractivity contribution is 5.53. The zero-order valence-electron chi connectivity index (χ0n) is 13.0. The lowest BCUT2D eigenvalue weighted by Gasteiger charge is -2.38. The number of piperidine rings is 1. The molecule has 1 fully saturated rings. The van der Waals surface area contributed by atoms with E-state index in [9.17, 15) is 14.9 Å². The second-order valence-corrected chi connectivity index (χ2v) is 5.72. The van der Waals surface area contributed by atoms with Crippen molar-refractivity contribution >= 4 is 5.82 Å². The number of nitriles is 1. The molecule has 2 rings (SSSR count). The number of rotatable bonds is 2. The maximum absolute atomic E-state index is 12.1. The Bertz CT molecular complexity index is 695. The van der Waals surface area contributed by atoms with E-state index in [2.05, 4.69) is 4.90 Å². The molecule has 1 saturated heterocycles. The molecule has 0 aliphatic carbocycles. The Balaban J connectivity index is 2.56. The van der Waals surface area contributed by atoms with Gasteiger partial charge in [-0.1, -0.05) is 0 Å². The highest BCUT2D eigenvalue weighted by Gasteiger charge is 2.27. The molecule has 7 heteroatoms. The minimum Gasteiger partial charge on any atom is -0.355 e. The van der Waals surface area contributed by atoms with E-state index in [0.29, 0.717) is 18.4 Å². The Morgan fingerprint density at radius 3 is 2.48 bits per heavy atom. The molecule has 1 aromatic rings. The molecule has 1 aromatic heterocycles. The average Bonchev–Trinajstić information content (AvgIpc) is 2.48. The predicted molar refractivity (Wildman–Crippen MR) is 80.6 cm³/mol. The lowest BCUT2D eigenvalue weighted by atomic mass is 10.0. The molecule has 2 heterocycles. The van der Waals surface area contributed by atoms with E-state index in [-0.39, 0.29) is 5.56 Å². The van der Waals surface area contributed by atoms with Gasteiger partial charge in [0.15, 0.2) is 5.56 Å². The molecular weight excluding hydrogens is 270 g/mol. The molecule has 7 nitrogen and oxygen atoms in total. The molecular formula is C14H21N5O2. The quantitative estimate of drug-likeness (QED) is 0.733. The second kappa shape index (κ2) is 5.74. The van der Waals surface area contributed by atoms with E-state index in [1.165, 1.54) is 11.6 Å². The van der Waals surface area contributed by atoms with Crippen molar-refractivity contribution in [1.82, 2.24) is 14.0 Å². The molecule has 1 aliphatic heterocycles. The summed E-state index contributed by atoms with van der Waals surface area (Å²) in [5.41, 5.74) is -0.887. The van der Waals surface area contributed by atoms with Gasteiger partial charge in [-0.25, -0.2) is 4.79 Å². The summed E-state index contributed by atoms with van der Waals surface area (Å²) in [7, 11) is 7.04. The van der Waals surface area contributed by atoms with Crippen LogP contribution in [0.4, 0.5) is 5.82 Å². The normalized spacial score (nSPS) is 18.9. The third-order valence-electron chi connectivity index (χ3n) is 4.17. The van der Waals surface area contributed by atoms with Crippen LogP contribution >= 0.6 is 0 Å². The lowest BCUT2D eigenvalue weighted by molar-refractivity contribution is 0.256. The summed E-state index contributed by atoms with van der Waals surface area (Å²) < 4.78 is 2.38. The number of likely N-dealkylation sites (N-methyl/N-ethyl adjacent to an activating group) is 1. The van der Waals surface area contributed by atoms with Gasteiger partial charge < -0.3 is 9.80 Å². The summed E-state index contributed by atoms with van der Waals surface area (Å²) in [5, 5.41) is 9.33. The topological polar surface area (TPSA) is 74.3 Å². The fourth-order valence-electron chi connectivity index (χ4n) is 2.87. The van der Waals surface area contributed by atoms with Gasteiger partial charge in [-0.15, -0.1) is 0 Å². The smallest absolute Gasteiger partial charge is 0.332 e. The summed E-state index contributed by atoms with van der Waals surface area (Å²) in [6.45, 7) is 1.46. The minimum absolute atomic E-state index is 0.0407. The standard InChI is InChI=1S/C14H21N5O2/c1-16(2)10-6-5-7-19(9-10)12-11(8-15)13(20)18(4)14(21)17(12)3/h10H,5-7,9H2,1-4H3. The Labute approximate surface area is 123 Å². The van der Waals surface area contributed by atoms with Crippen molar-refractivity contribution in [1.29, 1.82) is 5.26 Å².